The average molecular weight is 263 g/mol. The summed E-state index contributed by atoms with van der Waals surface area (Å²) in [5, 5.41) is 0. The average Bonchev–Trinajstić information content (AvgIpc) is 2.39. The maximum Gasteiger partial charge on any atom is 0.0646 e. The molecule has 0 aliphatic heterocycles. The van der Waals surface area contributed by atoms with Gasteiger partial charge in [-0.2, -0.15) is 0 Å². The number of nitrogens with two attached hydrogens (primary N) is 1. The van der Waals surface area contributed by atoms with Crippen molar-refractivity contribution in [2.24, 2.45) is 5.84 Å². The van der Waals surface area contributed by atoms with Crippen molar-refractivity contribution in [2.45, 2.75) is 52.1 Å². The molecule has 1 atom stereocenters. The van der Waals surface area contributed by atoms with Crippen molar-refractivity contribution >= 4 is 0 Å². The van der Waals surface area contributed by atoms with Gasteiger partial charge in [0.1, 0.15) is 0 Å². The van der Waals surface area contributed by atoms with E-state index in [1.807, 2.05) is 0 Å². The molecule has 0 aliphatic carbocycles. The molecule has 3 N–H and O–H groups in total. The van der Waals surface area contributed by atoms with Crippen LogP contribution in [0.2, 0.25) is 0 Å². The molecule has 0 fully saturated rings. The maximum absolute atomic E-state index is 5.92. The van der Waals surface area contributed by atoms with E-state index in [2.05, 4.69) is 70.3 Å². The van der Waals surface area contributed by atoms with Crippen molar-refractivity contribution in [1.82, 2.24) is 10.3 Å². The van der Waals surface area contributed by atoms with Crippen molar-refractivity contribution in [3.05, 3.63) is 34.9 Å². The first-order chi connectivity index (χ1) is 8.94. The molecule has 1 aromatic carbocycles. The van der Waals surface area contributed by atoms with E-state index in [0.29, 0.717) is 0 Å². The zero-order valence-electron chi connectivity index (χ0n) is 13.2. The molecule has 19 heavy (non-hydrogen) atoms. The first kappa shape index (κ1) is 16.2. The van der Waals surface area contributed by atoms with Gasteiger partial charge in [0, 0.05) is 5.54 Å². The van der Waals surface area contributed by atoms with Crippen molar-refractivity contribution < 1.29 is 0 Å². The fraction of sp³-hybridized carbons (Fsp3) is 0.625. The van der Waals surface area contributed by atoms with E-state index in [4.69, 9.17) is 5.84 Å². The molecule has 1 unspecified atom stereocenters. The molecule has 1 aromatic rings. The van der Waals surface area contributed by atoms with Gasteiger partial charge in [0.15, 0.2) is 0 Å². The summed E-state index contributed by atoms with van der Waals surface area (Å²) in [4.78, 5) is 2.30. The van der Waals surface area contributed by atoms with Crippen LogP contribution in [0.4, 0.5) is 0 Å². The molecule has 0 spiro atoms. The van der Waals surface area contributed by atoms with Crippen molar-refractivity contribution in [3.63, 3.8) is 0 Å². The van der Waals surface area contributed by atoms with Gasteiger partial charge in [-0.05, 0) is 57.5 Å². The van der Waals surface area contributed by atoms with Crippen molar-refractivity contribution in [3.8, 4) is 0 Å². The van der Waals surface area contributed by atoms with Crippen LogP contribution < -0.4 is 11.3 Å². The molecule has 1 rings (SSSR count). The summed E-state index contributed by atoms with van der Waals surface area (Å²) >= 11 is 0. The maximum atomic E-state index is 5.92. The Bertz CT molecular complexity index is 408. The first-order valence-electron chi connectivity index (χ1n) is 7.14. The summed E-state index contributed by atoms with van der Waals surface area (Å²) in [6.07, 6.45) is 2.11. The number of rotatable bonds is 6. The predicted molar refractivity (Wildman–Crippen MR) is 83.0 cm³/mol. The van der Waals surface area contributed by atoms with Crippen molar-refractivity contribution in [2.75, 3.05) is 14.1 Å². The Kier molecular flexibility index (Phi) is 5.53. The number of aryl methyl sites for hydroxylation is 1. The first-order valence-corrected chi connectivity index (χ1v) is 7.14. The molecule has 108 valence electrons. The number of hydrazine groups is 1. The molecule has 0 bridgehead atoms. The molecule has 0 heterocycles. The number of hydrogen-bond donors (Lipinski definition) is 2. The highest BCUT2D eigenvalue weighted by Gasteiger charge is 2.38. The van der Waals surface area contributed by atoms with Crippen LogP contribution in [0.15, 0.2) is 18.2 Å². The van der Waals surface area contributed by atoms with Crippen LogP contribution in [0.3, 0.4) is 0 Å². The summed E-state index contributed by atoms with van der Waals surface area (Å²) in [6.45, 7) is 8.81. The van der Waals surface area contributed by atoms with Crippen LogP contribution in [0.25, 0.3) is 0 Å². The van der Waals surface area contributed by atoms with E-state index in [1.165, 1.54) is 16.7 Å². The molecule has 0 saturated heterocycles. The van der Waals surface area contributed by atoms with Crippen LogP contribution in [-0.2, 0) is 0 Å². The fourth-order valence-corrected chi connectivity index (χ4v) is 3.17. The second kappa shape index (κ2) is 6.51. The van der Waals surface area contributed by atoms with E-state index in [0.717, 1.165) is 12.8 Å². The summed E-state index contributed by atoms with van der Waals surface area (Å²) in [5.41, 5.74) is 7.06. The Labute approximate surface area is 118 Å². The van der Waals surface area contributed by atoms with Crippen LogP contribution >= 0.6 is 0 Å². The Hall–Kier alpha value is -0.900. The van der Waals surface area contributed by atoms with E-state index in [-0.39, 0.29) is 11.6 Å². The number of likely N-dealkylation sites (N-methyl/N-ethyl adjacent to an activating group) is 1. The summed E-state index contributed by atoms with van der Waals surface area (Å²) in [6, 6.07) is 6.60. The Balaban J connectivity index is 3.36. The van der Waals surface area contributed by atoms with Gasteiger partial charge in [-0.3, -0.25) is 11.3 Å². The SMILES string of the molecule is CCC(CC)(C(NN)c1cccc(C)c1C)N(C)C. The molecule has 3 nitrogen and oxygen atoms in total. The standard InChI is InChI=1S/C16H29N3/c1-7-16(8-2,19(5)6)15(18-17)14-11-9-10-12(3)13(14)4/h9-11,15,18H,7-8,17H2,1-6H3. The van der Waals surface area contributed by atoms with E-state index in [1.54, 1.807) is 0 Å². The summed E-state index contributed by atoms with van der Waals surface area (Å²) in [5.74, 6) is 5.92. The molecule has 0 saturated carbocycles. The van der Waals surface area contributed by atoms with Crippen LogP contribution in [0.5, 0.6) is 0 Å². The minimum Gasteiger partial charge on any atom is -0.302 e. The number of nitrogens with zero attached hydrogens (tertiary/aromatic N) is 1. The minimum absolute atomic E-state index is 0.0350. The fourth-order valence-electron chi connectivity index (χ4n) is 3.17. The topological polar surface area (TPSA) is 41.3 Å². The lowest BCUT2D eigenvalue weighted by Crippen LogP contribution is -2.54. The quantitative estimate of drug-likeness (QED) is 0.612. The lowest BCUT2D eigenvalue weighted by atomic mass is 9.78. The third kappa shape index (κ3) is 2.83. The molecule has 0 radical (unpaired) electrons. The lowest BCUT2D eigenvalue weighted by molar-refractivity contribution is 0.0879. The number of nitrogens with one attached hydrogen (secondary N) is 1. The second-order valence-electron chi connectivity index (χ2n) is 5.59. The molecule has 0 aromatic heterocycles. The third-order valence-electron chi connectivity index (χ3n) is 4.78. The third-order valence-corrected chi connectivity index (χ3v) is 4.78. The Morgan fingerprint density at radius 1 is 1.21 bits per heavy atom. The molecular formula is C16H29N3. The van der Waals surface area contributed by atoms with Gasteiger partial charge in [-0.25, -0.2) is 0 Å². The van der Waals surface area contributed by atoms with Crippen LogP contribution in [-0.4, -0.2) is 24.5 Å². The zero-order valence-corrected chi connectivity index (χ0v) is 13.2. The van der Waals surface area contributed by atoms with Gasteiger partial charge in [-0.1, -0.05) is 32.0 Å². The predicted octanol–water partition coefficient (Wildman–Crippen LogP) is 2.93. The monoisotopic (exact) mass is 263 g/mol. The number of benzene rings is 1. The van der Waals surface area contributed by atoms with Crippen molar-refractivity contribution in [1.29, 1.82) is 0 Å². The zero-order chi connectivity index (χ0) is 14.6. The second-order valence-corrected chi connectivity index (χ2v) is 5.59. The minimum atomic E-state index is 0.0350. The van der Waals surface area contributed by atoms with E-state index >= 15 is 0 Å². The van der Waals surface area contributed by atoms with Crippen LogP contribution in [0.1, 0.15) is 49.4 Å². The number of hydrogen-bond acceptors (Lipinski definition) is 3. The highest BCUT2D eigenvalue weighted by atomic mass is 15.3. The van der Waals surface area contributed by atoms with Gasteiger partial charge < -0.3 is 4.90 Å². The summed E-state index contributed by atoms with van der Waals surface area (Å²) < 4.78 is 0. The van der Waals surface area contributed by atoms with E-state index < -0.39 is 0 Å². The van der Waals surface area contributed by atoms with Crippen LogP contribution in [0, 0.1) is 13.8 Å². The highest BCUT2D eigenvalue weighted by Crippen LogP contribution is 2.37. The van der Waals surface area contributed by atoms with Gasteiger partial charge in [0.05, 0.1) is 6.04 Å². The summed E-state index contributed by atoms with van der Waals surface area (Å²) in [7, 11) is 4.28. The van der Waals surface area contributed by atoms with E-state index in [9.17, 15) is 0 Å². The van der Waals surface area contributed by atoms with Gasteiger partial charge in [0.2, 0.25) is 0 Å². The molecular weight excluding hydrogens is 234 g/mol. The lowest BCUT2D eigenvalue weighted by Gasteiger charge is -2.45. The van der Waals surface area contributed by atoms with Gasteiger partial charge in [-0.15, -0.1) is 0 Å². The molecule has 0 amide bonds. The Morgan fingerprint density at radius 2 is 1.79 bits per heavy atom. The normalized spacial score (nSPS) is 13.9. The van der Waals surface area contributed by atoms with Gasteiger partial charge >= 0.3 is 0 Å². The highest BCUT2D eigenvalue weighted by molar-refractivity contribution is 5.37. The largest absolute Gasteiger partial charge is 0.302 e. The molecule has 0 aliphatic rings. The smallest absolute Gasteiger partial charge is 0.0646 e. The Morgan fingerprint density at radius 3 is 2.21 bits per heavy atom. The van der Waals surface area contributed by atoms with Gasteiger partial charge in [0.25, 0.3) is 0 Å². The molecule has 3 heteroatoms.